The van der Waals surface area contributed by atoms with Crippen LogP contribution in [0.1, 0.15) is 23.2 Å². The Bertz CT molecular complexity index is 518. The lowest BCUT2D eigenvalue weighted by Crippen LogP contribution is -2.27. The number of hydrogen-bond donors (Lipinski definition) is 2. The van der Waals surface area contributed by atoms with Gasteiger partial charge in [0, 0.05) is 42.6 Å². The van der Waals surface area contributed by atoms with Crippen molar-refractivity contribution in [3.63, 3.8) is 0 Å². The number of halogens is 1. The summed E-state index contributed by atoms with van der Waals surface area (Å²) in [6, 6.07) is 1.83. The van der Waals surface area contributed by atoms with Gasteiger partial charge in [0.2, 0.25) is 0 Å². The molecule has 2 N–H and O–H groups in total. The van der Waals surface area contributed by atoms with E-state index in [1.165, 1.54) is 0 Å². The Morgan fingerprint density at radius 1 is 1.61 bits per heavy atom. The second-order valence-electron chi connectivity index (χ2n) is 3.87. The van der Waals surface area contributed by atoms with Gasteiger partial charge in [-0.15, -0.1) is 0 Å². The van der Waals surface area contributed by atoms with Crippen molar-refractivity contribution >= 4 is 21.8 Å². The Morgan fingerprint density at radius 3 is 3.11 bits per heavy atom. The highest BCUT2D eigenvalue weighted by Crippen LogP contribution is 2.14. The zero-order chi connectivity index (χ0) is 13.0. The molecule has 2 aromatic rings. The third-order valence-electron chi connectivity index (χ3n) is 2.64. The molecule has 2 heterocycles. The Hall–Kier alpha value is -1.56. The molecular formula is C12H15BrN4O. The first-order valence-electron chi connectivity index (χ1n) is 5.83. The zero-order valence-electron chi connectivity index (χ0n) is 10.1. The van der Waals surface area contributed by atoms with E-state index < -0.39 is 0 Å². The summed E-state index contributed by atoms with van der Waals surface area (Å²) in [6.45, 7) is 3.34. The quantitative estimate of drug-likeness (QED) is 0.887. The summed E-state index contributed by atoms with van der Waals surface area (Å²) in [4.78, 5) is 19.1. The van der Waals surface area contributed by atoms with E-state index in [0.717, 1.165) is 16.8 Å². The number of carbonyl (C=O) groups excluding carboxylic acids is 1. The number of rotatable bonds is 5. The molecule has 1 amide bonds. The summed E-state index contributed by atoms with van der Waals surface area (Å²) < 4.78 is 2.83. The molecule has 0 saturated carbocycles. The largest absolute Gasteiger partial charge is 0.350 e. The second kappa shape index (κ2) is 5.86. The second-order valence-corrected chi connectivity index (χ2v) is 4.79. The summed E-state index contributed by atoms with van der Waals surface area (Å²) in [6.07, 6.45) is 6.08. The number of carbonyl (C=O) groups is 1. The fourth-order valence-electron chi connectivity index (χ4n) is 1.75. The van der Waals surface area contributed by atoms with Crippen LogP contribution in [-0.4, -0.2) is 27.0 Å². The van der Waals surface area contributed by atoms with Crippen LogP contribution in [0.15, 0.2) is 29.1 Å². The number of nitrogens with zero attached hydrogens (tertiary/aromatic N) is 2. The maximum absolute atomic E-state index is 12.0. The molecule has 2 aromatic heterocycles. The van der Waals surface area contributed by atoms with Gasteiger partial charge in [-0.25, -0.2) is 4.98 Å². The van der Waals surface area contributed by atoms with E-state index in [-0.39, 0.29) is 5.91 Å². The predicted molar refractivity (Wildman–Crippen MR) is 72.4 cm³/mol. The van der Waals surface area contributed by atoms with Gasteiger partial charge >= 0.3 is 0 Å². The summed E-state index contributed by atoms with van der Waals surface area (Å²) in [7, 11) is 0. The van der Waals surface area contributed by atoms with Crippen LogP contribution >= 0.6 is 15.9 Å². The normalized spacial score (nSPS) is 10.6. The molecule has 0 unspecified atom stereocenters. The lowest BCUT2D eigenvalue weighted by molar-refractivity contribution is 0.0945. The first-order valence-corrected chi connectivity index (χ1v) is 6.62. The average Bonchev–Trinajstić information content (AvgIpc) is 2.98. The van der Waals surface area contributed by atoms with E-state index in [4.69, 9.17) is 0 Å². The first kappa shape index (κ1) is 12.9. The Balaban J connectivity index is 1.91. The molecule has 96 valence electrons. The highest BCUT2D eigenvalue weighted by molar-refractivity contribution is 9.10. The van der Waals surface area contributed by atoms with Gasteiger partial charge in [0.05, 0.1) is 0 Å². The smallest absolute Gasteiger partial charge is 0.267 e. The Morgan fingerprint density at radius 2 is 2.44 bits per heavy atom. The van der Waals surface area contributed by atoms with Crippen molar-refractivity contribution in [2.24, 2.45) is 0 Å². The van der Waals surface area contributed by atoms with E-state index in [0.29, 0.717) is 18.7 Å². The molecule has 2 rings (SSSR count). The van der Waals surface area contributed by atoms with Crippen molar-refractivity contribution in [3.8, 4) is 0 Å². The minimum Gasteiger partial charge on any atom is -0.350 e. The lowest BCUT2D eigenvalue weighted by atomic mass is 10.3. The van der Waals surface area contributed by atoms with Crippen molar-refractivity contribution in [1.82, 2.24) is 19.9 Å². The highest BCUT2D eigenvalue weighted by atomic mass is 79.9. The molecule has 5 nitrogen and oxygen atoms in total. The summed E-state index contributed by atoms with van der Waals surface area (Å²) in [5.41, 5.74) is 0.670. The maximum atomic E-state index is 12.0. The molecule has 0 atom stereocenters. The fourth-order valence-corrected chi connectivity index (χ4v) is 2.21. The van der Waals surface area contributed by atoms with Gasteiger partial charge in [0.15, 0.2) is 0 Å². The van der Waals surface area contributed by atoms with Gasteiger partial charge in [-0.3, -0.25) is 4.79 Å². The number of hydrogen-bond acceptors (Lipinski definition) is 2. The predicted octanol–water partition coefficient (Wildman–Crippen LogP) is 1.97. The van der Waals surface area contributed by atoms with Crippen LogP contribution in [0, 0.1) is 0 Å². The van der Waals surface area contributed by atoms with Crippen LogP contribution in [0.5, 0.6) is 0 Å². The van der Waals surface area contributed by atoms with Gasteiger partial charge in [0.1, 0.15) is 11.5 Å². The molecule has 0 radical (unpaired) electrons. The van der Waals surface area contributed by atoms with Crippen molar-refractivity contribution in [3.05, 3.63) is 40.6 Å². The SMILES string of the molecule is CCn1cc(Br)cc1C(=O)NCCc1ncc[nH]1. The summed E-state index contributed by atoms with van der Waals surface area (Å²) in [5.74, 6) is 0.816. The van der Waals surface area contributed by atoms with Crippen LogP contribution in [-0.2, 0) is 13.0 Å². The minimum absolute atomic E-state index is 0.0610. The molecular weight excluding hydrogens is 296 g/mol. The summed E-state index contributed by atoms with van der Waals surface area (Å²) in [5, 5.41) is 2.88. The molecule has 0 aliphatic heterocycles. The van der Waals surface area contributed by atoms with Crippen molar-refractivity contribution in [2.45, 2.75) is 19.9 Å². The van der Waals surface area contributed by atoms with Crippen LogP contribution in [0.3, 0.4) is 0 Å². The van der Waals surface area contributed by atoms with E-state index >= 15 is 0 Å². The van der Waals surface area contributed by atoms with Crippen LogP contribution < -0.4 is 5.32 Å². The maximum Gasteiger partial charge on any atom is 0.267 e. The van der Waals surface area contributed by atoms with Gasteiger partial charge in [-0.2, -0.15) is 0 Å². The molecule has 6 heteroatoms. The van der Waals surface area contributed by atoms with Crippen molar-refractivity contribution in [1.29, 1.82) is 0 Å². The van der Waals surface area contributed by atoms with Gasteiger partial charge in [0.25, 0.3) is 5.91 Å². The Labute approximate surface area is 114 Å². The molecule has 0 bridgehead atoms. The number of amides is 1. The van der Waals surface area contributed by atoms with E-state index in [1.54, 1.807) is 12.4 Å². The summed E-state index contributed by atoms with van der Waals surface area (Å²) >= 11 is 3.38. The number of aromatic nitrogens is 3. The number of aryl methyl sites for hydroxylation is 1. The molecule has 0 fully saturated rings. The lowest BCUT2D eigenvalue weighted by Gasteiger charge is -2.06. The van der Waals surface area contributed by atoms with Gasteiger partial charge in [-0.05, 0) is 28.9 Å². The van der Waals surface area contributed by atoms with Crippen LogP contribution in [0.2, 0.25) is 0 Å². The van der Waals surface area contributed by atoms with Crippen molar-refractivity contribution in [2.75, 3.05) is 6.54 Å². The number of H-pyrrole nitrogens is 1. The van der Waals surface area contributed by atoms with Gasteiger partial charge in [-0.1, -0.05) is 0 Å². The minimum atomic E-state index is -0.0610. The third kappa shape index (κ3) is 3.01. The monoisotopic (exact) mass is 310 g/mol. The van der Waals surface area contributed by atoms with Crippen molar-refractivity contribution < 1.29 is 4.79 Å². The molecule has 18 heavy (non-hydrogen) atoms. The van der Waals surface area contributed by atoms with E-state index in [1.807, 2.05) is 23.8 Å². The molecule has 0 aliphatic carbocycles. The van der Waals surface area contributed by atoms with Crippen LogP contribution in [0.4, 0.5) is 0 Å². The van der Waals surface area contributed by atoms with E-state index in [9.17, 15) is 4.79 Å². The molecule has 0 spiro atoms. The molecule has 0 aliphatic rings. The topological polar surface area (TPSA) is 62.7 Å². The number of nitrogens with one attached hydrogen (secondary N) is 2. The first-order chi connectivity index (χ1) is 8.70. The fraction of sp³-hybridized carbons (Fsp3) is 0.333. The number of aromatic amines is 1. The molecule has 0 aromatic carbocycles. The average molecular weight is 311 g/mol. The third-order valence-corrected chi connectivity index (χ3v) is 3.07. The molecule has 0 saturated heterocycles. The van der Waals surface area contributed by atoms with Crippen LogP contribution in [0.25, 0.3) is 0 Å². The van der Waals surface area contributed by atoms with E-state index in [2.05, 4.69) is 31.2 Å². The van der Waals surface area contributed by atoms with Gasteiger partial charge < -0.3 is 14.9 Å². The zero-order valence-corrected chi connectivity index (χ0v) is 11.7. The standard InChI is InChI=1S/C12H15BrN4O/c1-2-17-8-9(13)7-10(17)12(18)16-4-3-11-14-5-6-15-11/h5-8H,2-4H2,1H3,(H,14,15)(H,16,18). The number of imidazole rings is 1. The highest BCUT2D eigenvalue weighted by Gasteiger charge is 2.11. The Kier molecular flexibility index (Phi) is 4.19.